The van der Waals surface area contributed by atoms with Gasteiger partial charge in [-0.2, -0.15) is 8.78 Å². The Labute approximate surface area is 281 Å². The summed E-state index contributed by atoms with van der Waals surface area (Å²) in [6, 6.07) is 10.4. The molecule has 2 atom stereocenters. The van der Waals surface area contributed by atoms with Gasteiger partial charge in [-0.25, -0.2) is 4.79 Å². The highest BCUT2D eigenvalue weighted by Crippen LogP contribution is 2.38. The van der Waals surface area contributed by atoms with E-state index in [2.05, 4.69) is 4.98 Å². The molecule has 0 bridgehead atoms. The number of carbonyl (C=O) groups is 3. The molecule has 2 heterocycles. The highest BCUT2D eigenvalue weighted by atomic mass is 35.5. The number of ether oxygens (including phenoxy) is 3. The fraction of sp³-hybridized carbons (Fsp3) is 0.412. The van der Waals surface area contributed by atoms with Crippen molar-refractivity contribution in [2.24, 2.45) is 5.92 Å². The molecular formula is C34H35Cl2F2N3O6. The average Bonchev–Trinajstić information content (AvgIpc) is 3.73. The fourth-order valence-corrected chi connectivity index (χ4v) is 5.97. The van der Waals surface area contributed by atoms with E-state index in [1.165, 1.54) is 40.4 Å². The minimum atomic E-state index is -3.06. The second kappa shape index (κ2) is 15.3. The molecule has 2 aliphatic rings. The molecule has 1 aliphatic carbocycles. The van der Waals surface area contributed by atoms with Crippen LogP contribution in [0.3, 0.4) is 0 Å². The molecule has 0 spiro atoms. The van der Waals surface area contributed by atoms with Crippen LogP contribution >= 0.6 is 23.2 Å². The normalized spacial score (nSPS) is 16.6. The smallest absolute Gasteiger partial charge is 0.387 e. The molecule has 1 aliphatic heterocycles. The lowest BCUT2D eigenvalue weighted by Gasteiger charge is -2.27. The van der Waals surface area contributed by atoms with Crippen LogP contribution in [-0.2, 0) is 27.2 Å². The number of carbonyl (C=O) groups excluding carboxylic acids is 3. The van der Waals surface area contributed by atoms with E-state index in [-0.39, 0.29) is 46.2 Å². The van der Waals surface area contributed by atoms with Crippen molar-refractivity contribution in [3.8, 4) is 11.5 Å². The molecule has 0 unspecified atom stereocenters. The topological polar surface area (TPSA) is 98.3 Å². The van der Waals surface area contributed by atoms with Gasteiger partial charge in [-0.3, -0.25) is 14.6 Å². The molecule has 1 saturated carbocycles. The Morgan fingerprint density at radius 3 is 2.45 bits per heavy atom. The van der Waals surface area contributed by atoms with Gasteiger partial charge in [0.25, 0.3) is 5.91 Å². The quantitative estimate of drug-likeness (QED) is 0.188. The minimum Gasteiger partial charge on any atom is -0.489 e. The van der Waals surface area contributed by atoms with Crippen LogP contribution in [0.25, 0.3) is 0 Å². The van der Waals surface area contributed by atoms with Crippen LogP contribution in [-0.4, -0.2) is 72.5 Å². The van der Waals surface area contributed by atoms with Crippen molar-refractivity contribution in [1.82, 2.24) is 14.8 Å². The molecule has 13 heteroatoms. The third kappa shape index (κ3) is 8.90. The molecule has 0 radical (unpaired) electrons. The van der Waals surface area contributed by atoms with E-state index in [1.807, 2.05) is 0 Å². The Kier molecular flexibility index (Phi) is 11.2. The number of aromatic nitrogens is 1. The predicted molar refractivity (Wildman–Crippen MR) is 171 cm³/mol. The molecule has 250 valence electrons. The van der Waals surface area contributed by atoms with Crippen molar-refractivity contribution in [2.75, 3.05) is 27.2 Å². The highest BCUT2D eigenvalue weighted by molar-refractivity contribution is 6.35. The lowest BCUT2D eigenvalue weighted by molar-refractivity contribution is -0.158. The number of amides is 2. The van der Waals surface area contributed by atoms with Gasteiger partial charge >= 0.3 is 12.6 Å². The Balaban J connectivity index is 1.38. The molecule has 9 nitrogen and oxygen atoms in total. The van der Waals surface area contributed by atoms with Crippen molar-refractivity contribution < 1.29 is 37.4 Å². The monoisotopic (exact) mass is 689 g/mol. The molecule has 1 aromatic heterocycles. The summed E-state index contributed by atoms with van der Waals surface area (Å²) in [5, 5.41) is 0.517. The van der Waals surface area contributed by atoms with E-state index in [0.29, 0.717) is 54.2 Å². The van der Waals surface area contributed by atoms with Crippen LogP contribution < -0.4 is 9.47 Å². The number of nitrogens with zero attached hydrogens (tertiary/aromatic N) is 3. The summed E-state index contributed by atoms with van der Waals surface area (Å²) in [6.07, 6.45) is 4.86. The third-order valence-corrected chi connectivity index (χ3v) is 8.76. The van der Waals surface area contributed by atoms with Gasteiger partial charge < -0.3 is 24.0 Å². The molecule has 0 N–H and O–H groups in total. The van der Waals surface area contributed by atoms with Crippen molar-refractivity contribution in [3.05, 3.63) is 87.2 Å². The first-order valence-corrected chi connectivity index (χ1v) is 16.1. The van der Waals surface area contributed by atoms with Crippen molar-refractivity contribution in [1.29, 1.82) is 0 Å². The van der Waals surface area contributed by atoms with Crippen molar-refractivity contribution >= 4 is 41.0 Å². The maximum Gasteiger partial charge on any atom is 0.387 e. The lowest BCUT2D eigenvalue weighted by Crippen LogP contribution is -2.42. The largest absolute Gasteiger partial charge is 0.489 e. The second-order valence-corrected chi connectivity index (χ2v) is 12.7. The number of esters is 1. The number of rotatable bonds is 13. The van der Waals surface area contributed by atoms with E-state index in [9.17, 15) is 23.2 Å². The van der Waals surface area contributed by atoms with E-state index in [4.69, 9.17) is 37.4 Å². The summed E-state index contributed by atoms with van der Waals surface area (Å²) in [4.78, 5) is 46.6. The van der Waals surface area contributed by atoms with Crippen LogP contribution in [0, 0.1) is 5.92 Å². The van der Waals surface area contributed by atoms with E-state index >= 15 is 0 Å². The minimum absolute atomic E-state index is 0.00270. The van der Waals surface area contributed by atoms with Crippen LogP contribution in [0.15, 0.2) is 54.9 Å². The third-order valence-electron chi connectivity index (χ3n) is 8.11. The average molecular weight is 691 g/mol. The summed E-state index contributed by atoms with van der Waals surface area (Å²) in [7, 11) is 3.30. The Hall–Kier alpha value is -3.96. The zero-order valence-corrected chi connectivity index (χ0v) is 27.5. The Morgan fingerprint density at radius 2 is 1.77 bits per heavy atom. The molecule has 3 aromatic rings. The molecule has 47 heavy (non-hydrogen) atoms. The van der Waals surface area contributed by atoms with Gasteiger partial charge in [-0.15, -0.1) is 0 Å². The molecule has 1 saturated heterocycles. The Morgan fingerprint density at radius 1 is 1.02 bits per heavy atom. The summed E-state index contributed by atoms with van der Waals surface area (Å²) < 4.78 is 43.0. The summed E-state index contributed by atoms with van der Waals surface area (Å²) in [5.41, 5.74) is 2.01. The standard InChI is InChI=1S/C34H35Cl2F2N3O6/c1-40(2)32(43)23-6-3-5-21(13-23)14-31(42)41-12-4-7-27(41)33(44)46-29(16-24-25(35)17-39-18-26(24)36)22-10-11-28(47-34(37)38)30(15-22)45-19-20-8-9-20/h3,5-6,10-11,13,15,17-18,20,27,29,34H,4,7-9,12,14,16,19H2,1-2H3/t27-,29-/m0/s1. The van der Waals surface area contributed by atoms with Gasteiger partial charge in [-0.05, 0) is 72.6 Å². The zero-order valence-electron chi connectivity index (χ0n) is 26.0. The van der Waals surface area contributed by atoms with Gasteiger partial charge in [0.15, 0.2) is 11.5 Å². The molecule has 5 rings (SSSR count). The number of benzene rings is 2. The van der Waals surface area contributed by atoms with E-state index in [0.717, 1.165) is 12.8 Å². The maximum absolute atomic E-state index is 13.8. The van der Waals surface area contributed by atoms with Gasteiger partial charge in [-0.1, -0.05) is 41.4 Å². The van der Waals surface area contributed by atoms with E-state index < -0.39 is 24.7 Å². The SMILES string of the molecule is CN(C)C(=O)c1cccc(CC(=O)N2CCC[C@H]2C(=O)O[C@@H](Cc2c(Cl)cncc2Cl)c2ccc(OC(F)F)c(OCC3CC3)c2)c1. The first-order valence-electron chi connectivity index (χ1n) is 15.3. The van der Waals surface area contributed by atoms with Crippen molar-refractivity contribution in [2.45, 2.75) is 57.3 Å². The number of alkyl halides is 2. The number of pyridine rings is 1. The number of likely N-dealkylation sites (tertiary alicyclic amines) is 1. The number of hydrogen-bond donors (Lipinski definition) is 0. The lowest BCUT2D eigenvalue weighted by atomic mass is 10.0. The predicted octanol–water partition coefficient (Wildman–Crippen LogP) is 6.54. The fourth-order valence-electron chi connectivity index (χ4n) is 5.45. The molecule has 2 aromatic carbocycles. The summed E-state index contributed by atoms with van der Waals surface area (Å²) >= 11 is 12.9. The van der Waals surface area contributed by atoms with Crippen LogP contribution in [0.2, 0.25) is 10.0 Å². The number of hydrogen-bond acceptors (Lipinski definition) is 7. The zero-order chi connectivity index (χ0) is 33.7. The van der Waals surface area contributed by atoms with Gasteiger partial charge in [0.2, 0.25) is 5.91 Å². The summed E-state index contributed by atoms with van der Waals surface area (Å²) in [5.74, 6) is -0.805. The molecule has 2 fully saturated rings. The van der Waals surface area contributed by atoms with Gasteiger partial charge in [0.1, 0.15) is 12.1 Å². The van der Waals surface area contributed by atoms with Crippen molar-refractivity contribution in [3.63, 3.8) is 0 Å². The first kappa shape index (κ1) is 34.4. The second-order valence-electron chi connectivity index (χ2n) is 11.9. The molecular weight excluding hydrogens is 655 g/mol. The number of halogens is 4. The van der Waals surface area contributed by atoms with Crippen LogP contribution in [0.4, 0.5) is 8.78 Å². The maximum atomic E-state index is 13.8. The van der Waals surface area contributed by atoms with Crippen LogP contribution in [0.1, 0.15) is 58.8 Å². The van der Waals surface area contributed by atoms with Crippen LogP contribution in [0.5, 0.6) is 11.5 Å². The highest BCUT2D eigenvalue weighted by Gasteiger charge is 2.37. The molecule has 2 amide bonds. The Bertz CT molecular complexity index is 1600. The van der Waals surface area contributed by atoms with Gasteiger partial charge in [0.05, 0.1) is 23.1 Å². The van der Waals surface area contributed by atoms with Gasteiger partial charge in [0, 0.05) is 45.0 Å². The first-order chi connectivity index (χ1) is 22.5. The van der Waals surface area contributed by atoms with E-state index in [1.54, 1.807) is 38.4 Å². The summed E-state index contributed by atoms with van der Waals surface area (Å²) in [6.45, 7) is -2.37.